The molecule has 5 heteroatoms. The first-order valence-electron chi connectivity index (χ1n) is 4.96. The second kappa shape index (κ2) is 4.93. The summed E-state index contributed by atoms with van der Waals surface area (Å²) < 4.78 is 0. The molecular weight excluding hydrogens is 242 g/mol. The molecule has 0 bridgehead atoms. The lowest BCUT2D eigenvalue weighted by Gasteiger charge is -2.24. The number of aliphatic carboxylic acids is 1. The van der Waals surface area contributed by atoms with Gasteiger partial charge in [0.05, 0.1) is 5.88 Å². The number of carboxylic acids is 1. The predicted octanol–water partition coefficient (Wildman–Crippen LogP) is 2.26. The molecule has 1 N–H and O–H groups in total. The van der Waals surface area contributed by atoms with Crippen molar-refractivity contribution in [3.8, 4) is 0 Å². The molecule has 2 rings (SSSR count). The second-order valence-electron chi connectivity index (χ2n) is 3.65. The maximum atomic E-state index is 11.0. The molecule has 1 atom stereocenters. The summed E-state index contributed by atoms with van der Waals surface area (Å²) in [6, 6.07) is 3.65. The Morgan fingerprint density at radius 3 is 3.12 bits per heavy atom. The Bertz CT molecular complexity index is 389. The van der Waals surface area contributed by atoms with E-state index in [2.05, 4.69) is 12.6 Å². The number of hydrogen-bond donors (Lipinski definition) is 1. The van der Waals surface area contributed by atoms with Crippen molar-refractivity contribution in [1.82, 2.24) is 4.90 Å². The van der Waals surface area contributed by atoms with Crippen LogP contribution in [0.5, 0.6) is 0 Å². The molecule has 0 aliphatic carbocycles. The van der Waals surface area contributed by atoms with E-state index in [4.69, 9.17) is 5.11 Å². The minimum atomic E-state index is -0.752. The fraction of sp³-hybridized carbons (Fsp3) is 0.364. The molecule has 1 aromatic heterocycles. The summed E-state index contributed by atoms with van der Waals surface area (Å²) in [7, 11) is 0. The maximum Gasteiger partial charge on any atom is 0.327 e. The molecular formula is C11H13NO2S2. The van der Waals surface area contributed by atoms with Crippen LogP contribution in [0.4, 0.5) is 0 Å². The number of nitrogens with zero attached hydrogens (tertiary/aromatic N) is 1. The van der Waals surface area contributed by atoms with Gasteiger partial charge in [0.25, 0.3) is 0 Å². The first kappa shape index (κ1) is 11.5. The minimum Gasteiger partial charge on any atom is -0.480 e. The molecule has 1 aliphatic rings. The zero-order valence-electron chi connectivity index (χ0n) is 8.76. The van der Waals surface area contributed by atoms with Gasteiger partial charge in [-0.15, -0.1) is 23.1 Å². The van der Waals surface area contributed by atoms with E-state index >= 15 is 0 Å². The Kier molecular flexibility index (Phi) is 3.56. The van der Waals surface area contributed by atoms with Crippen LogP contribution in [0, 0.1) is 0 Å². The Labute approximate surface area is 103 Å². The van der Waals surface area contributed by atoms with Gasteiger partial charge in [-0.05, 0) is 11.4 Å². The third kappa shape index (κ3) is 2.41. The Balaban J connectivity index is 2.01. The van der Waals surface area contributed by atoms with Crippen molar-refractivity contribution in [2.45, 2.75) is 12.5 Å². The van der Waals surface area contributed by atoms with E-state index < -0.39 is 12.0 Å². The van der Waals surface area contributed by atoms with Crippen molar-refractivity contribution < 1.29 is 9.90 Å². The van der Waals surface area contributed by atoms with Gasteiger partial charge in [-0.1, -0.05) is 12.6 Å². The second-order valence-corrected chi connectivity index (χ2v) is 5.68. The number of allylic oxidation sites excluding steroid dienone is 1. The molecule has 0 amide bonds. The van der Waals surface area contributed by atoms with E-state index in [-0.39, 0.29) is 0 Å². The van der Waals surface area contributed by atoms with E-state index in [0.29, 0.717) is 5.75 Å². The van der Waals surface area contributed by atoms with Gasteiger partial charge in [-0.2, -0.15) is 0 Å². The summed E-state index contributed by atoms with van der Waals surface area (Å²) in [5.41, 5.74) is 0.903. The zero-order valence-corrected chi connectivity index (χ0v) is 10.4. The largest absolute Gasteiger partial charge is 0.480 e. The van der Waals surface area contributed by atoms with Crippen LogP contribution in [-0.2, 0) is 11.2 Å². The number of carboxylic acid groups (broad SMARTS) is 1. The Morgan fingerprint density at radius 1 is 1.69 bits per heavy atom. The topological polar surface area (TPSA) is 40.5 Å². The molecule has 16 heavy (non-hydrogen) atoms. The lowest BCUT2D eigenvalue weighted by atomic mass is 10.2. The molecule has 3 nitrogen and oxygen atoms in total. The lowest BCUT2D eigenvalue weighted by molar-refractivity contribution is -0.141. The summed E-state index contributed by atoms with van der Waals surface area (Å²) >= 11 is 3.33. The molecule has 86 valence electrons. The summed E-state index contributed by atoms with van der Waals surface area (Å²) in [4.78, 5) is 14.1. The quantitative estimate of drug-likeness (QED) is 0.896. The van der Waals surface area contributed by atoms with Crippen LogP contribution in [-0.4, -0.2) is 33.6 Å². The molecule has 0 aromatic carbocycles. The van der Waals surface area contributed by atoms with Crippen LogP contribution in [0.25, 0.3) is 0 Å². The molecule has 2 heterocycles. The van der Waals surface area contributed by atoms with Crippen LogP contribution in [0.2, 0.25) is 0 Å². The number of rotatable bonds is 4. The predicted molar refractivity (Wildman–Crippen MR) is 67.8 cm³/mol. The normalized spacial score (nSPS) is 20.0. The molecule has 1 aliphatic heterocycles. The van der Waals surface area contributed by atoms with Gasteiger partial charge in [0.15, 0.2) is 0 Å². The average molecular weight is 255 g/mol. The molecule has 1 aromatic rings. The van der Waals surface area contributed by atoms with Gasteiger partial charge in [-0.3, -0.25) is 0 Å². The fourth-order valence-electron chi connectivity index (χ4n) is 1.67. The standard InChI is InChI=1S/C11H13NO2S2/c1-8(5-9-3-2-4-16-9)12-7-15-6-10(12)11(13)14/h2-4,10H,1,5-7H2,(H,13,14)/t10-/m1/s1. The SMILES string of the molecule is C=C(Cc1cccs1)N1CSC[C@@H]1C(=O)O. The number of hydrogen-bond acceptors (Lipinski definition) is 4. The van der Waals surface area contributed by atoms with Gasteiger partial charge in [0.1, 0.15) is 6.04 Å². The van der Waals surface area contributed by atoms with E-state index in [0.717, 1.165) is 18.0 Å². The van der Waals surface area contributed by atoms with Crippen molar-refractivity contribution >= 4 is 29.1 Å². The van der Waals surface area contributed by atoms with E-state index in [1.54, 1.807) is 23.1 Å². The summed E-state index contributed by atoms with van der Waals surface area (Å²) in [6.07, 6.45) is 0.752. The van der Waals surface area contributed by atoms with Crippen molar-refractivity contribution in [1.29, 1.82) is 0 Å². The molecule has 0 radical (unpaired) electrons. The van der Waals surface area contributed by atoms with E-state index in [9.17, 15) is 4.79 Å². The van der Waals surface area contributed by atoms with Gasteiger partial charge < -0.3 is 10.0 Å². The highest BCUT2D eigenvalue weighted by molar-refractivity contribution is 7.99. The van der Waals surface area contributed by atoms with Crippen LogP contribution < -0.4 is 0 Å². The van der Waals surface area contributed by atoms with Gasteiger partial charge in [0, 0.05) is 22.7 Å². The first-order valence-corrected chi connectivity index (χ1v) is 6.99. The van der Waals surface area contributed by atoms with Crippen LogP contribution in [0.3, 0.4) is 0 Å². The van der Waals surface area contributed by atoms with Crippen molar-refractivity contribution in [2.75, 3.05) is 11.6 Å². The smallest absolute Gasteiger partial charge is 0.327 e. The third-order valence-electron chi connectivity index (χ3n) is 2.53. The van der Waals surface area contributed by atoms with Crippen molar-refractivity contribution in [3.63, 3.8) is 0 Å². The van der Waals surface area contributed by atoms with Crippen LogP contribution >= 0.6 is 23.1 Å². The first-order chi connectivity index (χ1) is 7.68. The van der Waals surface area contributed by atoms with Gasteiger partial charge in [0.2, 0.25) is 0 Å². The number of carbonyl (C=O) groups is 1. The molecule has 0 unspecified atom stereocenters. The zero-order chi connectivity index (χ0) is 11.5. The third-order valence-corrected chi connectivity index (χ3v) is 4.42. The minimum absolute atomic E-state index is 0.405. The Morgan fingerprint density at radius 2 is 2.50 bits per heavy atom. The van der Waals surface area contributed by atoms with E-state index in [1.165, 1.54) is 4.88 Å². The highest BCUT2D eigenvalue weighted by Gasteiger charge is 2.31. The molecule has 0 spiro atoms. The Hall–Kier alpha value is -0.940. The molecule has 1 fully saturated rings. The van der Waals surface area contributed by atoms with Crippen LogP contribution in [0.15, 0.2) is 29.8 Å². The summed E-state index contributed by atoms with van der Waals surface area (Å²) in [6.45, 7) is 4.00. The van der Waals surface area contributed by atoms with Crippen molar-refractivity contribution in [3.05, 3.63) is 34.7 Å². The van der Waals surface area contributed by atoms with Gasteiger partial charge >= 0.3 is 5.97 Å². The number of thiophene rings is 1. The van der Waals surface area contributed by atoms with Crippen LogP contribution in [0.1, 0.15) is 4.88 Å². The highest BCUT2D eigenvalue weighted by Crippen LogP contribution is 2.27. The van der Waals surface area contributed by atoms with Gasteiger partial charge in [-0.25, -0.2) is 4.79 Å². The lowest BCUT2D eigenvalue weighted by Crippen LogP contribution is -2.37. The summed E-state index contributed by atoms with van der Waals surface area (Å²) in [5, 5.41) is 11.1. The fourth-order valence-corrected chi connectivity index (χ4v) is 3.62. The average Bonchev–Trinajstić information content (AvgIpc) is 2.86. The monoisotopic (exact) mass is 255 g/mol. The molecule has 0 saturated carbocycles. The van der Waals surface area contributed by atoms with E-state index in [1.807, 2.05) is 16.3 Å². The number of thioether (sulfide) groups is 1. The molecule has 1 saturated heterocycles. The highest BCUT2D eigenvalue weighted by atomic mass is 32.2. The maximum absolute atomic E-state index is 11.0. The summed E-state index contributed by atoms with van der Waals surface area (Å²) in [5.74, 6) is 0.636. The van der Waals surface area contributed by atoms with Crippen molar-refractivity contribution in [2.24, 2.45) is 0 Å².